The van der Waals surface area contributed by atoms with Crippen molar-refractivity contribution in [1.82, 2.24) is 0 Å². The molecule has 7 heteroatoms. The molecule has 174 valence electrons. The lowest BCUT2D eigenvalue weighted by molar-refractivity contribution is 0.0277. The average Bonchev–Trinajstić information content (AvgIpc) is 2.74. The highest BCUT2D eigenvalue weighted by Crippen LogP contribution is 2.35. The molecule has 1 unspecified atom stereocenters. The summed E-state index contributed by atoms with van der Waals surface area (Å²) < 4.78 is 27.1. The zero-order valence-electron chi connectivity index (χ0n) is 18.6. The Hall–Kier alpha value is -1.43. The molecule has 0 aliphatic rings. The van der Waals surface area contributed by atoms with E-state index in [0.29, 0.717) is 6.61 Å². The number of fused-ring (bicyclic) bond motifs is 1. The summed E-state index contributed by atoms with van der Waals surface area (Å²) in [5.41, 5.74) is 0. The number of benzene rings is 2. The molecule has 0 saturated heterocycles. The van der Waals surface area contributed by atoms with Gasteiger partial charge in [-0.1, -0.05) is 88.3 Å². The van der Waals surface area contributed by atoms with Gasteiger partial charge >= 0.3 is 7.82 Å². The third-order valence-electron chi connectivity index (χ3n) is 5.21. The molecule has 0 aliphatic heterocycles. The van der Waals surface area contributed by atoms with Gasteiger partial charge in [0.2, 0.25) is 0 Å². The molecule has 0 aliphatic carbocycles. The van der Waals surface area contributed by atoms with Gasteiger partial charge in [0.1, 0.15) is 11.9 Å². The third kappa shape index (κ3) is 11.1. The monoisotopic (exact) mass is 452 g/mol. The van der Waals surface area contributed by atoms with Crippen LogP contribution in [0.3, 0.4) is 0 Å². The van der Waals surface area contributed by atoms with Crippen LogP contribution in [0.15, 0.2) is 42.5 Å². The van der Waals surface area contributed by atoms with Crippen molar-refractivity contribution in [2.45, 2.75) is 70.8 Å². The van der Waals surface area contributed by atoms with E-state index in [1.54, 1.807) is 0 Å². The van der Waals surface area contributed by atoms with E-state index in [4.69, 9.17) is 19.3 Å². The van der Waals surface area contributed by atoms with Gasteiger partial charge in [-0.15, -0.1) is 0 Å². The lowest BCUT2D eigenvalue weighted by Crippen LogP contribution is -2.24. The van der Waals surface area contributed by atoms with Gasteiger partial charge in [-0.25, -0.2) is 4.57 Å². The second-order valence-corrected chi connectivity index (χ2v) is 9.12. The first kappa shape index (κ1) is 25.8. The molecule has 0 radical (unpaired) electrons. The largest absolute Gasteiger partial charge is 0.487 e. The maximum atomic E-state index is 10.8. The fraction of sp³-hybridized carbons (Fsp3) is 0.583. The van der Waals surface area contributed by atoms with Crippen molar-refractivity contribution in [2.24, 2.45) is 0 Å². The maximum absolute atomic E-state index is 10.8. The fourth-order valence-electron chi connectivity index (χ4n) is 3.59. The number of unbranched alkanes of at least 4 members (excludes halogenated alkanes) is 7. The van der Waals surface area contributed by atoms with Crippen LogP contribution in [0.5, 0.6) is 5.75 Å². The van der Waals surface area contributed by atoms with E-state index in [9.17, 15) is 4.57 Å². The van der Waals surface area contributed by atoms with Gasteiger partial charge in [-0.05, 0) is 24.3 Å². The molecule has 1 atom stereocenters. The molecule has 2 N–H and O–H groups in total. The molecule has 31 heavy (non-hydrogen) atoms. The van der Waals surface area contributed by atoms with Gasteiger partial charge in [0.25, 0.3) is 0 Å². The second kappa shape index (κ2) is 14.6. The van der Waals surface area contributed by atoms with E-state index in [2.05, 4.69) is 23.6 Å². The highest BCUT2D eigenvalue weighted by atomic mass is 31.2. The van der Waals surface area contributed by atoms with E-state index in [-0.39, 0.29) is 19.3 Å². The summed E-state index contributed by atoms with van der Waals surface area (Å²) >= 11 is 0. The van der Waals surface area contributed by atoms with Crippen molar-refractivity contribution in [2.75, 3.05) is 19.8 Å². The van der Waals surface area contributed by atoms with Crippen molar-refractivity contribution in [3.8, 4) is 5.75 Å². The summed E-state index contributed by atoms with van der Waals surface area (Å²) in [5.74, 6) is 0.831. The summed E-state index contributed by atoms with van der Waals surface area (Å²) in [4.78, 5) is 17.5. The Labute approximate surface area is 186 Å². The topological polar surface area (TPSA) is 85.2 Å². The predicted molar refractivity (Wildman–Crippen MR) is 124 cm³/mol. The Morgan fingerprint density at radius 1 is 0.871 bits per heavy atom. The molecule has 0 amide bonds. The van der Waals surface area contributed by atoms with Crippen LogP contribution in [-0.4, -0.2) is 35.7 Å². The number of hydrogen-bond acceptors (Lipinski definition) is 4. The molecular formula is C24H37O6P. The summed E-state index contributed by atoms with van der Waals surface area (Å²) in [6.07, 6.45) is 10.7. The van der Waals surface area contributed by atoms with Crippen molar-refractivity contribution < 1.29 is 28.3 Å². The summed E-state index contributed by atoms with van der Waals surface area (Å²) in [6.45, 7) is 2.54. The van der Waals surface area contributed by atoms with Crippen molar-refractivity contribution in [1.29, 1.82) is 0 Å². The molecule has 2 rings (SSSR count). The van der Waals surface area contributed by atoms with E-state index < -0.39 is 7.82 Å². The molecule has 0 bridgehead atoms. The number of phosphoric acid groups is 1. The molecule has 2 aromatic carbocycles. The van der Waals surface area contributed by atoms with Crippen molar-refractivity contribution in [3.63, 3.8) is 0 Å². The minimum Gasteiger partial charge on any atom is -0.487 e. The number of hydrogen-bond donors (Lipinski definition) is 2. The van der Waals surface area contributed by atoms with Crippen molar-refractivity contribution in [3.05, 3.63) is 42.5 Å². The highest BCUT2D eigenvalue weighted by Gasteiger charge is 2.15. The maximum Gasteiger partial charge on any atom is 0.469 e. The molecular weight excluding hydrogens is 415 g/mol. The molecule has 0 saturated carbocycles. The average molecular weight is 453 g/mol. The first-order valence-corrected chi connectivity index (χ1v) is 12.9. The van der Waals surface area contributed by atoms with Gasteiger partial charge in [-0.3, -0.25) is 4.52 Å². The van der Waals surface area contributed by atoms with E-state index in [0.717, 1.165) is 29.4 Å². The zero-order valence-corrected chi connectivity index (χ0v) is 19.5. The molecule has 0 heterocycles. The molecule has 0 aromatic heterocycles. The Morgan fingerprint density at radius 2 is 1.55 bits per heavy atom. The lowest BCUT2D eigenvalue weighted by Gasteiger charge is -2.20. The Kier molecular flexibility index (Phi) is 12.2. The quantitative estimate of drug-likeness (QED) is 0.218. The predicted octanol–water partition coefficient (Wildman–Crippen LogP) is 6.24. The zero-order chi connectivity index (χ0) is 22.4. The first-order valence-electron chi connectivity index (χ1n) is 11.4. The van der Waals surface area contributed by atoms with Crippen LogP contribution < -0.4 is 4.74 Å². The minimum atomic E-state index is -4.46. The van der Waals surface area contributed by atoms with Crippen LogP contribution in [0.1, 0.15) is 64.7 Å². The molecule has 2 aromatic rings. The van der Waals surface area contributed by atoms with E-state index in [1.807, 2.05) is 30.3 Å². The summed E-state index contributed by atoms with van der Waals surface area (Å²) in [7, 11) is -4.46. The fourth-order valence-corrected chi connectivity index (χ4v) is 3.90. The minimum absolute atomic E-state index is 0.109. The number of ether oxygens (including phenoxy) is 2. The SMILES string of the molecule is CCCCCCCCCCC(COCCOP(=O)(O)O)Oc1cccc2ccccc12. The second-order valence-electron chi connectivity index (χ2n) is 7.88. The van der Waals surface area contributed by atoms with Crippen LogP contribution in [0.2, 0.25) is 0 Å². The van der Waals surface area contributed by atoms with Crippen molar-refractivity contribution >= 4 is 18.6 Å². The van der Waals surface area contributed by atoms with Gasteiger partial charge in [0.15, 0.2) is 0 Å². The first-order chi connectivity index (χ1) is 15.0. The molecule has 0 spiro atoms. The van der Waals surface area contributed by atoms with E-state index >= 15 is 0 Å². The van der Waals surface area contributed by atoms with Crippen LogP contribution in [0.4, 0.5) is 0 Å². The Morgan fingerprint density at radius 3 is 2.29 bits per heavy atom. The van der Waals surface area contributed by atoms with Gasteiger partial charge in [0.05, 0.1) is 19.8 Å². The van der Waals surface area contributed by atoms with Crippen LogP contribution >= 0.6 is 7.82 Å². The number of phosphoric ester groups is 1. The highest BCUT2D eigenvalue weighted by molar-refractivity contribution is 7.46. The smallest absolute Gasteiger partial charge is 0.469 e. The molecule has 6 nitrogen and oxygen atoms in total. The normalized spacial score (nSPS) is 12.9. The standard InChI is InChI=1S/C24H37O6P/c1-2-3-4-5-6-7-8-9-15-22(20-28-18-19-29-31(25,26)27)30-24-17-12-14-21-13-10-11-16-23(21)24/h10-14,16-17,22H,2-9,15,18-20H2,1H3,(H2,25,26,27). The summed E-state index contributed by atoms with van der Waals surface area (Å²) in [5, 5.41) is 2.19. The van der Waals surface area contributed by atoms with Crippen LogP contribution in [0.25, 0.3) is 10.8 Å². The van der Waals surface area contributed by atoms with Gasteiger partial charge in [-0.2, -0.15) is 0 Å². The van der Waals surface area contributed by atoms with Gasteiger partial charge in [0, 0.05) is 5.39 Å². The van der Waals surface area contributed by atoms with E-state index in [1.165, 1.54) is 44.9 Å². The summed E-state index contributed by atoms with van der Waals surface area (Å²) in [6, 6.07) is 14.1. The lowest BCUT2D eigenvalue weighted by atomic mass is 10.1. The van der Waals surface area contributed by atoms with Gasteiger partial charge < -0.3 is 19.3 Å². The molecule has 0 fully saturated rings. The Balaban J connectivity index is 1.84. The Bertz CT molecular complexity index is 785. The van der Waals surface area contributed by atoms with Crippen LogP contribution in [-0.2, 0) is 13.8 Å². The van der Waals surface area contributed by atoms with Crippen LogP contribution in [0, 0.1) is 0 Å². The number of rotatable bonds is 17. The third-order valence-corrected chi connectivity index (χ3v) is 5.73.